The maximum absolute atomic E-state index is 6.04. The molecule has 2 aromatic rings. The summed E-state index contributed by atoms with van der Waals surface area (Å²) >= 11 is 3.48. The molecule has 0 spiro atoms. The molecular formula is C16H21BrN6O2. The number of aromatic nitrogens is 4. The van der Waals surface area contributed by atoms with Gasteiger partial charge in [0.2, 0.25) is 0 Å². The lowest BCUT2D eigenvalue weighted by atomic mass is 10.2. The number of nitrogens with zero attached hydrogens (tertiary/aromatic N) is 5. The third-order valence-corrected chi connectivity index (χ3v) is 4.33. The van der Waals surface area contributed by atoms with Crippen LogP contribution >= 0.6 is 15.9 Å². The number of unbranched alkanes of at least 4 members (excludes halogenated alkanes) is 1. The molecule has 0 amide bonds. The van der Waals surface area contributed by atoms with Crippen molar-refractivity contribution in [3.8, 4) is 12.0 Å². The SMILES string of the molecule is CCCCOc1nc(N)c2nc(OC)n(CC3C=CC(Br)C=N3)c2n1. The van der Waals surface area contributed by atoms with E-state index in [1.54, 1.807) is 7.11 Å². The third kappa shape index (κ3) is 3.92. The summed E-state index contributed by atoms with van der Waals surface area (Å²) in [7, 11) is 1.56. The molecule has 0 saturated heterocycles. The third-order valence-electron chi connectivity index (χ3n) is 3.78. The minimum Gasteiger partial charge on any atom is -0.468 e. The highest BCUT2D eigenvalue weighted by Gasteiger charge is 2.20. The fourth-order valence-corrected chi connectivity index (χ4v) is 2.81. The van der Waals surface area contributed by atoms with Crippen LogP contribution in [0.3, 0.4) is 0 Å². The van der Waals surface area contributed by atoms with E-state index in [1.807, 2.05) is 22.9 Å². The van der Waals surface area contributed by atoms with Gasteiger partial charge in [0.15, 0.2) is 17.0 Å². The maximum atomic E-state index is 6.04. The Morgan fingerprint density at radius 2 is 2.12 bits per heavy atom. The molecule has 0 aromatic carbocycles. The minimum atomic E-state index is -0.0271. The van der Waals surface area contributed by atoms with Crippen LogP contribution in [0.25, 0.3) is 11.2 Å². The summed E-state index contributed by atoms with van der Waals surface area (Å²) in [4.78, 5) is 17.7. The molecule has 134 valence electrons. The van der Waals surface area contributed by atoms with Crippen molar-refractivity contribution in [1.29, 1.82) is 0 Å². The molecule has 1 aliphatic heterocycles. The first-order chi connectivity index (χ1) is 12.1. The normalized spacial score (nSPS) is 19.5. The second-order valence-electron chi connectivity index (χ2n) is 5.67. The average molecular weight is 409 g/mol. The second-order valence-corrected chi connectivity index (χ2v) is 6.73. The zero-order chi connectivity index (χ0) is 17.8. The number of fused-ring (bicyclic) bond motifs is 1. The molecule has 0 bridgehead atoms. The van der Waals surface area contributed by atoms with Crippen LogP contribution in [0.15, 0.2) is 17.1 Å². The van der Waals surface area contributed by atoms with Gasteiger partial charge in [-0.2, -0.15) is 15.0 Å². The van der Waals surface area contributed by atoms with E-state index in [4.69, 9.17) is 15.2 Å². The van der Waals surface area contributed by atoms with E-state index < -0.39 is 0 Å². The first-order valence-corrected chi connectivity index (χ1v) is 9.10. The number of allylic oxidation sites excluding steroid dienone is 1. The van der Waals surface area contributed by atoms with E-state index in [1.165, 1.54) is 0 Å². The number of rotatable bonds is 7. The van der Waals surface area contributed by atoms with Crippen molar-refractivity contribution in [2.45, 2.75) is 37.2 Å². The van der Waals surface area contributed by atoms with Crippen molar-refractivity contribution >= 4 is 39.1 Å². The van der Waals surface area contributed by atoms with E-state index in [0.717, 1.165) is 12.8 Å². The van der Waals surface area contributed by atoms with Gasteiger partial charge in [0.1, 0.15) is 0 Å². The molecule has 3 heterocycles. The van der Waals surface area contributed by atoms with Crippen LogP contribution in [0.2, 0.25) is 0 Å². The Bertz CT molecular complexity index is 790. The Balaban J connectivity index is 1.94. The summed E-state index contributed by atoms with van der Waals surface area (Å²) in [6.07, 6.45) is 7.90. The molecule has 0 aliphatic carbocycles. The number of hydrogen-bond acceptors (Lipinski definition) is 7. The molecular weight excluding hydrogens is 388 g/mol. The minimum absolute atomic E-state index is 0.0271. The molecule has 9 heteroatoms. The first-order valence-electron chi connectivity index (χ1n) is 8.18. The number of nitrogen functional groups attached to an aromatic ring is 1. The zero-order valence-electron chi connectivity index (χ0n) is 14.2. The average Bonchev–Trinajstić information content (AvgIpc) is 2.95. The number of halogens is 1. The summed E-state index contributed by atoms with van der Waals surface area (Å²) in [6, 6.07) is 0.650. The number of imidazole rings is 1. The van der Waals surface area contributed by atoms with Crippen molar-refractivity contribution in [1.82, 2.24) is 19.5 Å². The fraction of sp³-hybridized carbons (Fsp3) is 0.500. The number of alkyl halides is 1. The smallest absolute Gasteiger partial charge is 0.320 e. The van der Waals surface area contributed by atoms with E-state index in [2.05, 4.69) is 42.8 Å². The van der Waals surface area contributed by atoms with Crippen molar-refractivity contribution in [2.24, 2.45) is 4.99 Å². The number of methoxy groups -OCH3 is 1. The van der Waals surface area contributed by atoms with Gasteiger partial charge >= 0.3 is 6.01 Å². The van der Waals surface area contributed by atoms with Crippen LogP contribution in [-0.4, -0.2) is 50.3 Å². The van der Waals surface area contributed by atoms with Gasteiger partial charge in [-0.1, -0.05) is 41.4 Å². The van der Waals surface area contributed by atoms with Crippen LogP contribution in [0.1, 0.15) is 19.8 Å². The number of anilines is 1. The van der Waals surface area contributed by atoms with Crippen LogP contribution in [0, 0.1) is 0 Å². The number of dihydropyridines is 1. The largest absolute Gasteiger partial charge is 0.468 e. The van der Waals surface area contributed by atoms with Crippen molar-refractivity contribution in [2.75, 3.05) is 19.5 Å². The first kappa shape index (κ1) is 17.7. The van der Waals surface area contributed by atoms with Gasteiger partial charge in [0.05, 0.1) is 31.1 Å². The van der Waals surface area contributed by atoms with Crippen LogP contribution in [0.4, 0.5) is 5.82 Å². The van der Waals surface area contributed by atoms with Gasteiger partial charge in [0, 0.05) is 6.21 Å². The summed E-state index contributed by atoms with van der Waals surface area (Å²) in [5.41, 5.74) is 7.12. The van der Waals surface area contributed by atoms with Crippen LogP contribution in [0.5, 0.6) is 12.0 Å². The van der Waals surface area contributed by atoms with Gasteiger partial charge in [0.25, 0.3) is 6.01 Å². The van der Waals surface area contributed by atoms with E-state index in [9.17, 15) is 0 Å². The molecule has 8 nitrogen and oxygen atoms in total. The predicted molar refractivity (Wildman–Crippen MR) is 101 cm³/mol. The standard InChI is InChI=1S/C16H21BrN6O2/c1-3-4-7-25-15-21-13(18)12-14(22-15)23(16(20-12)24-2)9-11-6-5-10(17)8-19-11/h5-6,8,10-11H,3-4,7,9H2,1-2H3,(H2,18,21,22). The predicted octanol–water partition coefficient (Wildman–Crippen LogP) is 2.37. The van der Waals surface area contributed by atoms with Gasteiger partial charge < -0.3 is 15.2 Å². The molecule has 0 saturated carbocycles. The van der Waals surface area contributed by atoms with E-state index in [-0.39, 0.29) is 22.7 Å². The molecule has 25 heavy (non-hydrogen) atoms. The summed E-state index contributed by atoms with van der Waals surface area (Å²) < 4.78 is 12.8. The Labute approximate surface area is 154 Å². The second kappa shape index (κ2) is 7.81. The van der Waals surface area contributed by atoms with E-state index >= 15 is 0 Å². The van der Waals surface area contributed by atoms with Gasteiger partial charge in [-0.05, 0) is 6.42 Å². The molecule has 2 aromatic heterocycles. The molecule has 3 rings (SSSR count). The fourth-order valence-electron chi connectivity index (χ4n) is 2.50. The molecule has 2 unspecified atom stereocenters. The van der Waals surface area contributed by atoms with Crippen molar-refractivity contribution in [3.05, 3.63) is 12.2 Å². The number of aliphatic imine (C=N–C) groups is 1. The highest BCUT2D eigenvalue weighted by Crippen LogP contribution is 2.26. The lowest BCUT2D eigenvalue weighted by molar-refractivity contribution is 0.286. The molecule has 1 aliphatic rings. The number of nitrogens with two attached hydrogens (primary N) is 1. The van der Waals surface area contributed by atoms with Gasteiger partial charge in [-0.15, -0.1) is 0 Å². The zero-order valence-corrected chi connectivity index (χ0v) is 15.8. The van der Waals surface area contributed by atoms with Crippen molar-refractivity contribution < 1.29 is 9.47 Å². The Hall–Kier alpha value is -2.16. The lowest BCUT2D eigenvalue weighted by Gasteiger charge is -2.15. The van der Waals surface area contributed by atoms with Crippen molar-refractivity contribution in [3.63, 3.8) is 0 Å². The Kier molecular flexibility index (Phi) is 5.52. The summed E-state index contributed by atoms with van der Waals surface area (Å²) in [6.45, 7) is 3.18. The highest BCUT2D eigenvalue weighted by atomic mass is 79.9. The highest BCUT2D eigenvalue weighted by molar-refractivity contribution is 9.10. The van der Waals surface area contributed by atoms with Crippen LogP contribution in [-0.2, 0) is 6.54 Å². The molecule has 2 atom stereocenters. The van der Waals surface area contributed by atoms with E-state index in [0.29, 0.717) is 30.3 Å². The Morgan fingerprint density at radius 1 is 1.28 bits per heavy atom. The quantitative estimate of drug-likeness (QED) is 0.428. The van der Waals surface area contributed by atoms with Gasteiger partial charge in [-0.25, -0.2) is 0 Å². The molecule has 0 fully saturated rings. The Morgan fingerprint density at radius 3 is 2.80 bits per heavy atom. The monoisotopic (exact) mass is 408 g/mol. The lowest BCUT2D eigenvalue weighted by Crippen LogP contribution is -2.18. The summed E-state index contributed by atoms with van der Waals surface area (Å²) in [5.74, 6) is 0.275. The maximum Gasteiger partial charge on any atom is 0.320 e. The van der Waals surface area contributed by atoms with Gasteiger partial charge in [-0.3, -0.25) is 9.56 Å². The van der Waals surface area contributed by atoms with Crippen LogP contribution < -0.4 is 15.2 Å². The molecule has 0 radical (unpaired) electrons. The topological polar surface area (TPSA) is 100 Å². The number of hydrogen-bond donors (Lipinski definition) is 1. The summed E-state index contributed by atoms with van der Waals surface area (Å²) in [5, 5.41) is 0. The molecule has 2 N–H and O–H groups in total. The number of ether oxygens (including phenoxy) is 2.